The molecule has 3 nitrogen and oxygen atoms in total. The van der Waals surface area contributed by atoms with Gasteiger partial charge in [-0.25, -0.2) is 0 Å². The minimum Gasteiger partial charge on any atom is -0.379 e. The summed E-state index contributed by atoms with van der Waals surface area (Å²) in [5.74, 6) is 0.318. The molecule has 2 rings (SSSR count). The molecule has 0 spiro atoms. The first-order chi connectivity index (χ1) is 8.24. The number of hydrogen-bond donors (Lipinski definition) is 1. The molecule has 4 heteroatoms. The third-order valence-electron chi connectivity index (χ3n) is 3.28. The Morgan fingerprint density at radius 2 is 2.24 bits per heavy atom. The molecule has 0 aromatic carbocycles. The van der Waals surface area contributed by atoms with Gasteiger partial charge in [-0.2, -0.15) is 0 Å². The first kappa shape index (κ1) is 12.7. The van der Waals surface area contributed by atoms with Crippen molar-refractivity contribution < 1.29 is 9.53 Å². The number of thiophene rings is 1. The van der Waals surface area contributed by atoms with Crippen LogP contribution in [0.3, 0.4) is 0 Å². The molecule has 0 saturated carbocycles. The Bertz CT molecular complexity index is 389. The third-order valence-corrected chi connectivity index (χ3v) is 4.51. The maximum absolute atomic E-state index is 12.2. The summed E-state index contributed by atoms with van der Waals surface area (Å²) in [5.41, 5.74) is 0. The van der Waals surface area contributed by atoms with Crippen molar-refractivity contribution in [2.75, 3.05) is 20.3 Å². The van der Waals surface area contributed by atoms with Gasteiger partial charge in [0.15, 0.2) is 0 Å². The molecule has 0 bridgehead atoms. The van der Waals surface area contributed by atoms with E-state index in [4.69, 9.17) is 4.74 Å². The molecule has 1 saturated heterocycles. The van der Waals surface area contributed by atoms with Crippen LogP contribution < -0.4 is 5.32 Å². The number of carbonyl (C=O) groups is 1. The quantitative estimate of drug-likeness (QED) is 0.867. The van der Waals surface area contributed by atoms with Crippen molar-refractivity contribution in [2.45, 2.75) is 25.8 Å². The number of rotatable bonds is 5. The number of hydrogen-bond acceptors (Lipinski definition) is 4. The van der Waals surface area contributed by atoms with E-state index in [0.717, 1.165) is 6.42 Å². The third kappa shape index (κ3) is 2.94. The molecule has 2 heterocycles. The first-order valence-electron chi connectivity index (χ1n) is 6.10. The largest absolute Gasteiger partial charge is 0.379 e. The van der Waals surface area contributed by atoms with Gasteiger partial charge in [-0.15, -0.1) is 11.3 Å². The molecule has 0 aliphatic carbocycles. The van der Waals surface area contributed by atoms with Crippen LogP contribution in [0.2, 0.25) is 0 Å². The van der Waals surface area contributed by atoms with E-state index >= 15 is 0 Å². The Kier molecular flexibility index (Phi) is 4.31. The standard InChI is InChI=1S/C13H19NO2S/c1-3-9-4-5-10(17-9)6-13(15)11-7-16-8-12(11)14-2/h4-5,11-12,14H,3,6-8H2,1-2H3. The zero-order valence-electron chi connectivity index (χ0n) is 10.4. The number of Topliss-reactive ketones (excluding diaryl/α,β-unsaturated/α-hetero) is 1. The average Bonchev–Trinajstić information content (AvgIpc) is 2.96. The zero-order valence-corrected chi connectivity index (χ0v) is 11.2. The van der Waals surface area contributed by atoms with E-state index in [0.29, 0.717) is 25.4 Å². The number of carbonyl (C=O) groups excluding carboxylic acids is 1. The van der Waals surface area contributed by atoms with E-state index in [1.165, 1.54) is 9.75 Å². The minimum atomic E-state index is 0.0205. The summed E-state index contributed by atoms with van der Waals surface area (Å²) < 4.78 is 5.37. The van der Waals surface area contributed by atoms with Crippen molar-refractivity contribution in [3.8, 4) is 0 Å². The van der Waals surface area contributed by atoms with Crippen LogP contribution in [0, 0.1) is 5.92 Å². The van der Waals surface area contributed by atoms with Crippen LogP contribution in [0.25, 0.3) is 0 Å². The zero-order chi connectivity index (χ0) is 12.3. The lowest BCUT2D eigenvalue weighted by atomic mass is 9.96. The fraction of sp³-hybridized carbons (Fsp3) is 0.615. The highest BCUT2D eigenvalue weighted by Crippen LogP contribution is 2.21. The van der Waals surface area contributed by atoms with Crippen LogP contribution in [-0.2, 0) is 22.4 Å². The van der Waals surface area contributed by atoms with Crippen molar-refractivity contribution in [1.29, 1.82) is 0 Å². The molecule has 1 N–H and O–H groups in total. The van der Waals surface area contributed by atoms with Gasteiger partial charge in [-0.1, -0.05) is 6.92 Å². The van der Waals surface area contributed by atoms with E-state index in [2.05, 4.69) is 24.4 Å². The van der Waals surface area contributed by atoms with Crippen LogP contribution in [0.1, 0.15) is 16.7 Å². The van der Waals surface area contributed by atoms with Gasteiger partial charge in [-0.05, 0) is 25.6 Å². The van der Waals surface area contributed by atoms with Gasteiger partial charge in [0.1, 0.15) is 5.78 Å². The maximum atomic E-state index is 12.2. The monoisotopic (exact) mass is 253 g/mol. The van der Waals surface area contributed by atoms with Crippen molar-refractivity contribution >= 4 is 17.1 Å². The van der Waals surface area contributed by atoms with Crippen molar-refractivity contribution in [3.05, 3.63) is 21.9 Å². The SMILES string of the molecule is CCc1ccc(CC(=O)C2COCC2NC)s1. The fourth-order valence-corrected chi connectivity index (χ4v) is 3.13. The Labute approximate surface area is 106 Å². The summed E-state index contributed by atoms with van der Waals surface area (Å²) in [7, 11) is 1.89. The molecule has 1 aromatic heterocycles. The topological polar surface area (TPSA) is 38.3 Å². The molecule has 1 aliphatic heterocycles. The fourth-order valence-electron chi connectivity index (χ4n) is 2.17. The molecule has 2 unspecified atom stereocenters. The van der Waals surface area contributed by atoms with Crippen LogP contribution in [-0.4, -0.2) is 32.1 Å². The molecule has 0 amide bonds. The second-order valence-electron chi connectivity index (χ2n) is 4.40. The molecule has 1 aliphatic rings. The normalized spacial score (nSPS) is 24.1. The number of likely N-dealkylation sites (N-methyl/N-ethyl adjacent to an activating group) is 1. The van der Waals surface area contributed by atoms with Gasteiger partial charge in [0.05, 0.1) is 19.1 Å². The van der Waals surface area contributed by atoms with Gasteiger partial charge in [0.2, 0.25) is 0 Å². The Hall–Kier alpha value is -0.710. The second kappa shape index (κ2) is 5.76. The molecule has 2 atom stereocenters. The lowest BCUT2D eigenvalue weighted by molar-refractivity contribution is -0.122. The molecular formula is C13H19NO2S. The van der Waals surface area contributed by atoms with Gasteiger partial charge in [0, 0.05) is 22.2 Å². The number of ketones is 1. The first-order valence-corrected chi connectivity index (χ1v) is 6.91. The van der Waals surface area contributed by atoms with Gasteiger partial charge in [0.25, 0.3) is 0 Å². The van der Waals surface area contributed by atoms with Crippen molar-refractivity contribution in [1.82, 2.24) is 5.32 Å². The van der Waals surface area contributed by atoms with E-state index in [-0.39, 0.29) is 12.0 Å². The number of nitrogens with one attached hydrogen (secondary N) is 1. The van der Waals surface area contributed by atoms with E-state index < -0.39 is 0 Å². The summed E-state index contributed by atoms with van der Waals surface area (Å²) in [4.78, 5) is 14.7. The predicted octanol–water partition coefficient (Wildman–Crippen LogP) is 1.66. The highest BCUT2D eigenvalue weighted by molar-refractivity contribution is 7.12. The summed E-state index contributed by atoms with van der Waals surface area (Å²) in [6.07, 6.45) is 1.60. The Morgan fingerprint density at radius 3 is 2.88 bits per heavy atom. The molecule has 1 aromatic rings. The summed E-state index contributed by atoms with van der Waals surface area (Å²) >= 11 is 1.75. The van der Waals surface area contributed by atoms with E-state index in [1.807, 2.05) is 7.05 Å². The molecule has 17 heavy (non-hydrogen) atoms. The Balaban J connectivity index is 1.96. The number of ether oxygens (including phenoxy) is 1. The Morgan fingerprint density at radius 1 is 1.47 bits per heavy atom. The summed E-state index contributed by atoms with van der Waals surface area (Å²) in [5, 5.41) is 3.15. The molecule has 1 fully saturated rings. The molecule has 0 radical (unpaired) electrons. The lowest BCUT2D eigenvalue weighted by Crippen LogP contribution is -2.37. The summed E-state index contributed by atoms with van der Waals surface area (Å²) in [6, 6.07) is 4.38. The van der Waals surface area contributed by atoms with Crippen molar-refractivity contribution in [3.63, 3.8) is 0 Å². The lowest BCUT2D eigenvalue weighted by Gasteiger charge is -2.14. The molecule has 94 valence electrons. The van der Waals surface area contributed by atoms with Crippen LogP contribution in [0.4, 0.5) is 0 Å². The molecular weight excluding hydrogens is 234 g/mol. The van der Waals surface area contributed by atoms with Gasteiger partial charge < -0.3 is 10.1 Å². The smallest absolute Gasteiger partial charge is 0.145 e. The van der Waals surface area contributed by atoms with Gasteiger partial charge in [-0.3, -0.25) is 4.79 Å². The van der Waals surface area contributed by atoms with Crippen LogP contribution in [0.15, 0.2) is 12.1 Å². The van der Waals surface area contributed by atoms with Crippen LogP contribution in [0.5, 0.6) is 0 Å². The van der Waals surface area contributed by atoms with Gasteiger partial charge >= 0.3 is 0 Å². The van der Waals surface area contributed by atoms with Crippen molar-refractivity contribution in [2.24, 2.45) is 5.92 Å². The van der Waals surface area contributed by atoms with E-state index in [9.17, 15) is 4.79 Å². The average molecular weight is 253 g/mol. The predicted molar refractivity (Wildman–Crippen MR) is 69.6 cm³/mol. The number of aryl methyl sites for hydroxylation is 1. The highest BCUT2D eigenvalue weighted by Gasteiger charge is 2.32. The minimum absolute atomic E-state index is 0.0205. The highest BCUT2D eigenvalue weighted by atomic mass is 32.1. The van der Waals surface area contributed by atoms with E-state index in [1.54, 1.807) is 11.3 Å². The van der Waals surface area contributed by atoms with Crippen LogP contribution >= 0.6 is 11.3 Å². The second-order valence-corrected chi connectivity index (χ2v) is 5.66. The summed E-state index contributed by atoms with van der Waals surface area (Å²) in [6.45, 7) is 3.35. The maximum Gasteiger partial charge on any atom is 0.145 e.